The maximum atomic E-state index is 12.0. The average Bonchev–Trinajstić information content (AvgIpc) is 2.91. The van der Waals surface area contributed by atoms with Gasteiger partial charge in [0.2, 0.25) is 0 Å². The molecule has 2 N–H and O–H groups in total. The van der Waals surface area contributed by atoms with Crippen LogP contribution in [-0.2, 0) is 11.3 Å². The van der Waals surface area contributed by atoms with Gasteiger partial charge < -0.3 is 15.4 Å². The van der Waals surface area contributed by atoms with Gasteiger partial charge in [-0.25, -0.2) is 9.78 Å². The first-order valence-corrected chi connectivity index (χ1v) is 8.88. The minimum atomic E-state index is -0.525. The van der Waals surface area contributed by atoms with Gasteiger partial charge in [0.25, 0.3) is 5.91 Å². The Morgan fingerprint density at radius 3 is 2.46 bits per heavy atom. The summed E-state index contributed by atoms with van der Waals surface area (Å²) in [5.41, 5.74) is 1.03. The van der Waals surface area contributed by atoms with Crippen LogP contribution in [0.15, 0.2) is 34.2 Å². The molecule has 0 aliphatic rings. The Kier molecular flexibility index (Phi) is 5.95. The summed E-state index contributed by atoms with van der Waals surface area (Å²) in [7, 11) is 0. The van der Waals surface area contributed by atoms with E-state index < -0.39 is 11.7 Å². The van der Waals surface area contributed by atoms with Gasteiger partial charge in [-0.2, -0.15) is 0 Å². The Hall–Kier alpha value is -1.93. The highest BCUT2D eigenvalue weighted by atomic mass is 79.9. The predicted molar refractivity (Wildman–Crippen MR) is 97.3 cm³/mol. The second-order valence-electron chi connectivity index (χ2n) is 5.98. The average molecular weight is 412 g/mol. The second kappa shape index (κ2) is 7.76. The van der Waals surface area contributed by atoms with Crippen LogP contribution in [0.2, 0.25) is 0 Å². The van der Waals surface area contributed by atoms with Crippen molar-refractivity contribution in [2.45, 2.75) is 32.9 Å². The van der Waals surface area contributed by atoms with Crippen molar-refractivity contribution in [3.8, 4) is 0 Å². The molecular formula is C16H18BrN3O3S. The molecule has 6 nitrogen and oxygen atoms in total. The predicted octanol–water partition coefficient (Wildman–Crippen LogP) is 4.18. The number of ether oxygens (including phenoxy) is 1. The summed E-state index contributed by atoms with van der Waals surface area (Å²) in [5, 5.41) is 7.59. The fourth-order valence-corrected chi connectivity index (χ4v) is 2.88. The molecule has 0 atom stereocenters. The molecule has 0 aliphatic heterocycles. The molecule has 0 spiro atoms. The van der Waals surface area contributed by atoms with E-state index in [4.69, 9.17) is 4.74 Å². The number of thiazole rings is 1. The van der Waals surface area contributed by atoms with Gasteiger partial charge in [0.1, 0.15) is 10.2 Å². The van der Waals surface area contributed by atoms with E-state index >= 15 is 0 Å². The third-order valence-electron chi connectivity index (χ3n) is 2.72. The van der Waals surface area contributed by atoms with Crippen molar-refractivity contribution in [1.82, 2.24) is 10.3 Å². The van der Waals surface area contributed by atoms with Crippen molar-refractivity contribution in [2.75, 3.05) is 5.32 Å². The molecule has 24 heavy (non-hydrogen) atoms. The van der Waals surface area contributed by atoms with Crippen molar-refractivity contribution in [3.63, 3.8) is 0 Å². The molecule has 1 aromatic heterocycles. The number of amides is 2. The van der Waals surface area contributed by atoms with E-state index in [9.17, 15) is 9.59 Å². The number of nitrogens with one attached hydrogen (secondary N) is 2. The largest absolute Gasteiger partial charge is 0.444 e. The minimum absolute atomic E-state index is 0.259. The third-order valence-corrected chi connectivity index (χ3v) is 4.27. The molecule has 0 aliphatic carbocycles. The Morgan fingerprint density at radius 1 is 1.25 bits per heavy atom. The quantitative estimate of drug-likeness (QED) is 0.790. The molecule has 2 amide bonds. The molecule has 0 unspecified atom stereocenters. The molecule has 0 saturated carbocycles. The third kappa shape index (κ3) is 5.93. The lowest BCUT2D eigenvalue weighted by Gasteiger charge is -2.19. The number of carbonyl (C=O) groups is 2. The zero-order valence-electron chi connectivity index (χ0n) is 13.6. The van der Waals surface area contributed by atoms with Crippen molar-refractivity contribution in [1.29, 1.82) is 0 Å². The first-order chi connectivity index (χ1) is 11.2. The first kappa shape index (κ1) is 18.4. The number of halogens is 1. The van der Waals surface area contributed by atoms with Crippen LogP contribution in [-0.4, -0.2) is 22.6 Å². The van der Waals surface area contributed by atoms with Crippen LogP contribution in [0.3, 0.4) is 0 Å². The zero-order valence-corrected chi connectivity index (χ0v) is 16.0. The summed E-state index contributed by atoms with van der Waals surface area (Å²) in [6.07, 6.45) is -0.464. The summed E-state index contributed by atoms with van der Waals surface area (Å²) in [4.78, 5) is 27.7. The monoisotopic (exact) mass is 411 g/mol. The molecule has 0 saturated heterocycles. The van der Waals surface area contributed by atoms with Gasteiger partial charge in [-0.1, -0.05) is 12.1 Å². The van der Waals surface area contributed by atoms with Crippen LogP contribution in [0.5, 0.6) is 0 Å². The molecule has 0 radical (unpaired) electrons. The van der Waals surface area contributed by atoms with Crippen LogP contribution in [0.25, 0.3) is 0 Å². The Morgan fingerprint density at radius 2 is 1.92 bits per heavy atom. The lowest BCUT2D eigenvalue weighted by molar-refractivity contribution is 0.0523. The summed E-state index contributed by atoms with van der Waals surface area (Å²) in [6, 6.07) is 7.19. The van der Waals surface area contributed by atoms with Gasteiger partial charge in [-0.05, 0) is 54.4 Å². The van der Waals surface area contributed by atoms with E-state index in [1.165, 1.54) is 11.3 Å². The van der Waals surface area contributed by atoms with Crippen molar-refractivity contribution >= 4 is 45.0 Å². The van der Waals surface area contributed by atoms with Gasteiger partial charge >= 0.3 is 6.09 Å². The Labute approximate surface area is 152 Å². The topological polar surface area (TPSA) is 80.3 Å². The highest BCUT2D eigenvalue weighted by molar-refractivity contribution is 9.10. The molecule has 8 heteroatoms. The lowest BCUT2D eigenvalue weighted by Crippen LogP contribution is -2.32. The number of nitrogens with zero attached hydrogens (tertiary/aromatic N) is 1. The van der Waals surface area contributed by atoms with Crippen LogP contribution in [0.4, 0.5) is 10.5 Å². The van der Waals surface area contributed by atoms with E-state index in [0.717, 1.165) is 5.56 Å². The fraction of sp³-hybridized carbons (Fsp3) is 0.312. The van der Waals surface area contributed by atoms with Crippen LogP contribution in [0, 0.1) is 0 Å². The second-order valence-corrected chi connectivity index (χ2v) is 7.65. The summed E-state index contributed by atoms with van der Waals surface area (Å²) in [6.45, 7) is 5.78. The number of carbonyl (C=O) groups excluding carboxylic acids is 2. The van der Waals surface area contributed by atoms with E-state index in [0.29, 0.717) is 21.8 Å². The van der Waals surface area contributed by atoms with Gasteiger partial charge in [-0.3, -0.25) is 4.79 Å². The molecule has 1 heterocycles. The van der Waals surface area contributed by atoms with Crippen LogP contribution in [0.1, 0.15) is 36.1 Å². The van der Waals surface area contributed by atoms with Crippen LogP contribution < -0.4 is 10.6 Å². The molecule has 2 rings (SSSR count). The number of aromatic nitrogens is 1. The zero-order chi connectivity index (χ0) is 17.7. The number of hydrogen-bond donors (Lipinski definition) is 2. The van der Waals surface area contributed by atoms with Crippen LogP contribution >= 0.6 is 27.3 Å². The summed E-state index contributed by atoms with van der Waals surface area (Å²) in [5.74, 6) is -0.259. The summed E-state index contributed by atoms with van der Waals surface area (Å²) >= 11 is 4.48. The first-order valence-electron chi connectivity index (χ1n) is 7.21. The van der Waals surface area contributed by atoms with E-state index in [1.807, 2.05) is 32.9 Å². The maximum Gasteiger partial charge on any atom is 0.407 e. The van der Waals surface area contributed by atoms with Gasteiger partial charge in [-0.15, -0.1) is 11.3 Å². The smallest absolute Gasteiger partial charge is 0.407 e. The fourth-order valence-electron chi connectivity index (χ4n) is 1.74. The molecule has 1 aromatic carbocycles. The molecule has 0 bridgehead atoms. The molecule has 0 fully saturated rings. The molecular weight excluding hydrogens is 394 g/mol. The standard InChI is InChI=1S/C16H18BrN3O3S/c1-16(2,3)23-15(22)18-8-10-4-6-11(7-5-10)19-13(21)14-20-12(17)9-24-14/h4-7,9H,8H2,1-3H3,(H,18,22)(H,19,21). The van der Waals surface area contributed by atoms with Crippen molar-refractivity contribution in [3.05, 3.63) is 44.8 Å². The molecule has 128 valence electrons. The number of alkyl carbamates (subject to hydrolysis) is 1. The van der Waals surface area contributed by atoms with E-state index in [-0.39, 0.29) is 5.91 Å². The van der Waals surface area contributed by atoms with E-state index in [1.54, 1.807) is 17.5 Å². The number of rotatable bonds is 4. The normalized spacial score (nSPS) is 11.0. The van der Waals surface area contributed by atoms with E-state index in [2.05, 4.69) is 31.5 Å². The van der Waals surface area contributed by atoms with Gasteiger partial charge in [0.15, 0.2) is 5.01 Å². The summed E-state index contributed by atoms with van der Waals surface area (Å²) < 4.78 is 5.81. The lowest BCUT2D eigenvalue weighted by atomic mass is 10.2. The highest BCUT2D eigenvalue weighted by Gasteiger charge is 2.15. The number of anilines is 1. The Balaban J connectivity index is 1.86. The van der Waals surface area contributed by atoms with Gasteiger partial charge in [0, 0.05) is 17.6 Å². The number of hydrogen-bond acceptors (Lipinski definition) is 5. The van der Waals surface area contributed by atoms with Crippen molar-refractivity contribution < 1.29 is 14.3 Å². The van der Waals surface area contributed by atoms with Gasteiger partial charge in [0.05, 0.1) is 0 Å². The number of benzene rings is 1. The highest BCUT2D eigenvalue weighted by Crippen LogP contribution is 2.17. The minimum Gasteiger partial charge on any atom is -0.444 e. The Bertz CT molecular complexity index is 723. The maximum absolute atomic E-state index is 12.0. The van der Waals surface area contributed by atoms with Crippen molar-refractivity contribution in [2.24, 2.45) is 0 Å². The molecule has 2 aromatic rings. The SMILES string of the molecule is CC(C)(C)OC(=O)NCc1ccc(NC(=O)c2nc(Br)cs2)cc1.